The third-order valence-electron chi connectivity index (χ3n) is 4.27. The number of hydrogen-bond donors (Lipinski definition) is 1. The molecular formula is C21H23N3O4S. The summed E-state index contributed by atoms with van der Waals surface area (Å²) in [6.45, 7) is 2.44. The number of amidine groups is 1. The van der Waals surface area contributed by atoms with Gasteiger partial charge in [0.1, 0.15) is 16.7 Å². The van der Waals surface area contributed by atoms with Crippen molar-refractivity contribution in [3.8, 4) is 11.5 Å². The molecule has 152 valence electrons. The molecular weight excluding hydrogens is 390 g/mol. The Balaban J connectivity index is 1.74. The van der Waals surface area contributed by atoms with Crippen molar-refractivity contribution >= 4 is 40.1 Å². The molecule has 0 saturated carbocycles. The van der Waals surface area contributed by atoms with E-state index in [2.05, 4.69) is 10.3 Å². The molecule has 1 aliphatic heterocycles. The van der Waals surface area contributed by atoms with Gasteiger partial charge in [-0.15, -0.1) is 0 Å². The molecule has 1 fully saturated rings. The highest BCUT2D eigenvalue weighted by Gasteiger charge is 2.34. The average molecular weight is 413 g/mol. The Bertz CT molecular complexity index is 914. The number of anilines is 1. The van der Waals surface area contributed by atoms with Gasteiger partial charge in [0, 0.05) is 25.2 Å². The minimum absolute atomic E-state index is 0.111. The van der Waals surface area contributed by atoms with Gasteiger partial charge < -0.3 is 14.8 Å². The molecule has 1 atom stereocenters. The molecule has 29 heavy (non-hydrogen) atoms. The first-order chi connectivity index (χ1) is 14.0. The Kier molecular flexibility index (Phi) is 6.77. The third-order valence-corrected chi connectivity index (χ3v) is 5.51. The third kappa shape index (κ3) is 5.29. The number of hydrogen-bond acceptors (Lipinski definition) is 6. The average Bonchev–Trinajstić information content (AvgIpc) is 2.72. The lowest BCUT2D eigenvalue weighted by Gasteiger charge is -2.28. The number of carbonyl (C=O) groups is 2. The largest absolute Gasteiger partial charge is 0.497 e. The number of benzene rings is 2. The first-order valence-electron chi connectivity index (χ1n) is 9.20. The lowest BCUT2D eigenvalue weighted by Crippen LogP contribution is -2.43. The standard InChI is InChI=1S/C21H23N3O4S/c1-4-28-17-7-5-6-15(12-17)22-20(26)18-13-19(25)24(2)21(29-18)23-14-8-10-16(27-3)11-9-14/h5-12,18H,4,13H2,1-3H3,(H,22,26)/t18-/m1/s1. The van der Waals surface area contributed by atoms with Crippen molar-refractivity contribution in [3.63, 3.8) is 0 Å². The van der Waals surface area contributed by atoms with E-state index in [1.807, 2.05) is 19.1 Å². The maximum Gasteiger partial charge on any atom is 0.238 e. The molecule has 3 rings (SSSR count). The summed E-state index contributed by atoms with van der Waals surface area (Å²) >= 11 is 1.27. The molecule has 0 radical (unpaired) electrons. The van der Waals surface area contributed by atoms with Crippen molar-refractivity contribution in [3.05, 3.63) is 48.5 Å². The summed E-state index contributed by atoms with van der Waals surface area (Å²) in [5.74, 6) is 1.01. The number of ether oxygens (including phenoxy) is 2. The van der Waals surface area contributed by atoms with Gasteiger partial charge >= 0.3 is 0 Å². The summed E-state index contributed by atoms with van der Waals surface area (Å²) < 4.78 is 10.6. The van der Waals surface area contributed by atoms with Gasteiger partial charge in [0.25, 0.3) is 0 Å². The maximum absolute atomic E-state index is 12.8. The molecule has 1 N–H and O–H groups in total. The van der Waals surface area contributed by atoms with Gasteiger partial charge in [-0.25, -0.2) is 4.99 Å². The molecule has 0 aromatic heterocycles. The zero-order valence-corrected chi connectivity index (χ0v) is 17.4. The van der Waals surface area contributed by atoms with Gasteiger partial charge in [0.05, 0.1) is 19.4 Å². The van der Waals surface area contributed by atoms with Gasteiger partial charge in [-0.05, 0) is 43.3 Å². The first-order valence-corrected chi connectivity index (χ1v) is 10.1. The Morgan fingerprint density at radius 1 is 1.24 bits per heavy atom. The lowest BCUT2D eigenvalue weighted by atomic mass is 10.2. The molecule has 0 unspecified atom stereocenters. The number of rotatable bonds is 6. The van der Waals surface area contributed by atoms with Crippen LogP contribution < -0.4 is 14.8 Å². The van der Waals surface area contributed by atoms with E-state index in [-0.39, 0.29) is 18.2 Å². The molecule has 0 bridgehead atoms. The number of nitrogens with one attached hydrogen (secondary N) is 1. The van der Waals surface area contributed by atoms with Crippen molar-refractivity contribution in [1.82, 2.24) is 4.90 Å². The summed E-state index contributed by atoms with van der Waals surface area (Å²) in [5.41, 5.74) is 1.31. The molecule has 2 aromatic carbocycles. The highest BCUT2D eigenvalue weighted by Crippen LogP contribution is 2.30. The van der Waals surface area contributed by atoms with Crippen molar-refractivity contribution < 1.29 is 19.1 Å². The number of thioether (sulfide) groups is 1. The predicted octanol–water partition coefficient (Wildman–Crippen LogP) is 3.68. The SMILES string of the molecule is CCOc1cccc(NC(=O)[C@H]2CC(=O)N(C)C(=Nc3ccc(OC)cc3)S2)c1. The molecule has 7 nitrogen and oxygen atoms in total. The van der Waals surface area contributed by atoms with Crippen LogP contribution in [-0.4, -0.2) is 47.9 Å². The predicted molar refractivity (Wildman–Crippen MR) is 115 cm³/mol. The molecule has 2 amide bonds. The van der Waals surface area contributed by atoms with Crippen LogP contribution in [0.3, 0.4) is 0 Å². The molecule has 1 saturated heterocycles. The smallest absolute Gasteiger partial charge is 0.238 e. The minimum atomic E-state index is -0.563. The van der Waals surface area contributed by atoms with Crippen LogP contribution in [0.25, 0.3) is 0 Å². The Hall–Kier alpha value is -3.00. The second-order valence-electron chi connectivity index (χ2n) is 6.31. The fourth-order valence-corrected chi connectivity index (χ4v) is 3.78. The quantitative estimate of drug-likeness (QED) is 0.781. The number of nitrogens with zero attached hydrogens (tertiary/aromatic N) is 2. The van der Waals surface area contributed by atoms with Crippen LogP contribution in [0.5, 0.6) is 11.5 Å². The second-order valence-corrected chi connectivity index (χ2v) is 7.48. The zero-order valence-electron chi connectivity index (χ0n) is 16.5. The molecule has 0 aliphatic carbocycles. The Labute approximate surface area is 174 Å². The monoisotopic (exact) mass is 413 g/mol. The number of methoxy groups -OCH3 is 1. The number of carbonyl (C=O) groups excluding carboxylic acids is 2. The summed E-state index contributed by atoms with van der Waals surface area (Å²) in [5, 5.41) is 2.78. The molecule has 2 aromatic rings. The second kappa shape index (κ2) is 9.47. The van der Waals surface area contributed by atoms with E-state index in [9.17, 15) is 9.59 Å². The van der Waals surface area contributed by atoms with E-state index >= 15 is 0 Å². The summed E-state index contributed by atoms with van der Waals surface area (Å²) in [6, 6.07) is 14.4. The fraction of sp³-hybridized carbons (Fsp3) is 0.286. The van der Waals surface area contributed by atoms with Crippen molar-refractivity contribution in [2.75, 3.05) is 26.1 Å². The van der Waals surface area contributed by atoms with E-state index in [1.54, 1.807) is 50.6 Å². The van der Waals surface area contributed by atoms with Gasteiger partial charge in [-0.3, -0.25) is 14.5 Å². The van der Waals surface area contributed by atoms with Gasteiger partial charge in [-0.1, -0.05) is 17.8 Å². The molecule has 0 spiro atoms. The summed E-state index contributed by atoms with van der Waals surface area (Å²) in [4.78, 5) is 31.2. The van der Waals surface area contributed by atoms with E-state index in [4.69, 9.17) is 9.47 Å². The summed E-state index contributed by atoms with van der Waals surface area (Å²) in [7, 11) is 3.26. The lowest BCUT2D eigenvalue weighted by molar-refractivity contribution is -0.128. The van der Waals surface area contributed by atoms with Crippen LogP contribution in [-0.2, 0) is 9.59 Å². The minimum Gasteiger partial charge on any atom is -0.497 e. The normalized spacial score (nSPS) is 17.9. The van der Waals surface area contributed by atoms with E-state index < -0.39 is 5.25 Å². The van der Waals surface area contributed by atoms with Crippen LogP contribution in [0.2, 0.25) is 0 Å². The van der Waals surface area contributed by atoms with Crippen LogP contribution in [0.1, 0.15) is 13.3 Å². The fourth-order valence-electron chi connectivity index (χ4n) is 2.72. The van der Waals surface area contributed by atoms with Crippen LogP contribution >= 0.6 is 11.8 Å². The maximum atomic E-state index is 12.8. The zero-order chi connectivity index (χ0) is 20.8. The van der Waals surface area contributed by atoms with Crippen molar-refractivity contribution in [2.24, 2.45) is 4.99 Å². The molecule has 8 heteroatoms. The van der Waals surface area contributed by atoms with E-state index in [0.29, 0.717) is 28.9 Å². The van der Waals surface area contributed by atoms with Gasteiger partial charge in [0.15, 0.2) is 5.17 Å². The first kappa shape index (κ1) is 20.7. The van der Waals surface area contributed by atoms with Crippen LogP contribution in [0.4, 0.5) is 11.4 Å². The van der Waals surface area contributed by atoms with Gasteiger partial charge in [0.2, 0.25) is 11.8 Å². The van der Waals surface area contributed by atoms with E-state index in [0.717, 1.165) is 5.75 Å². The Morgan fingerprint density at radius 3 is 2.69 bits per heavy atom. The summed E-state index contributed by atoms with van der Waals surface area (Å²) in [6.07, 6.45) is 0.111. The highest BCUT2D eigenvalue weighted by molar-refractivity contribution is 8.15. The van der Waals surface area contributed by atoms with Gasteiger partial charge in [-0.2, -0.15) is 0 Å². The number of aliphatic imine (C=N–C) groups is 1. The van der Waals surface area contributed by atoms with Crippen LogP contribution in [0, 0.1) is 0 Å². The molecule has 1 aliphatic rings. The number of amides is 2. The Morgan fingerprint density at radius 2 is 2.00 bits per heavy atom. The van der Waals surface area contributed by atoms with Crippen LogP contribution in [0.15, 0.2) is 53.5 Å². The van der Waals surface area contributed by atoms with E-state index in [1.165, 1.54) is 16.7 Å². The molecule has 1 heterocycles. The van der Waals surface area contributed by atoms with Crippen molar-refractivity contribution in [1.29, 1.82) is 0 Å². The topological polar surface area (TPSA) is 80.2 Å². The highest BCUT2D eigenvalue weighted by atomic mass is 32.2. The van der Waals surface area contributed by atoms with Crippen molar-refractivity contribution in [2.45, 2.75) is 18.6 Å².